The molecule has 1 aromatic rings. The lowest BCUT2D eigenvalue weighted by Gasteiger charge is -2.15. The van der Waals surface area contributed by atoms with Crippen molar-refractivity contribution in [1.29, 1.82) is 0 Å². The Morgan fingerprint density at radius 2 is 1.89 bits per heavy atom. The highest BCUT2D eigenvalue weighted by atomic mass is 32.2. The summed E-state index contributed by atoms with van der Waals surface area (Å²) in [6, 6.07) is 1.29. The Labute approximate surface area is 103 Å². The molecule has 1 rings (SSSR count). The Balaban J connectivity index is 3.29. The molecule has 0 radical (unpaired) electrons. The van der Waals surface area contributed by atoms with Gasteiger partial charge in [0, 0.05) is 13.1 Å². The second-order valence-corrected chi connectivity index (χ2v) is 5.70. The van der Waals surface area contributed by atoms with Crippen LogP contribution in [0.15, 0.2) is 17.0 Å². The van der Waals surface area contributed by atoms with Crippen LogP contribution in [0.1, 0.15) is 5.56 Å². The summed E-state index contributed by atoms with van der Waals surface area (Å²) < 4.78 is 50.6. The number of carboxylic acid groups (broad SMARTS) is 1. The monoisotopic (exact) mass is 279 g/mol. The molecule has 0 aliphatic rings. The van der Waals surface area contributed by atoms with E-state index in [0.717, 1.165) is 13.1 Å². The summed E-state index contributed by atoms with van der Waals surface area (Å²) in [5.41, 5.74) is -0.0429. The Morgan fingerprint density at radius 3 is 2.39 bits per heavy atom. The molecule has 0 aliphatic heterocycles. The number of sulfonamides is 1. The van der Waals surface area contributed by atoms with Gasteiger partial charge in [0.1, 0.15) is 23.1 Å². The SMILES string of the molecule is Cc1cc(S(=O)(=O)N(C)CC(=O)O)c(F)cc1F. The van der Waals surface area contributed by atoms with Crippen molar-refractivity contribution in [3.63, 3.8) is 0 Å². The van der Waals surface area contributed by atoms with Crippen LogP contribution in [0.4, 0.5) is 8.78 Å². The van der Waals surface area contributed by atoms with Crippen molar-refractivity contribution in [3.05, 3.63) is 29.3 Å². The van der Waals surface area contributed by atoms with Gasteiger partial charge in [-0.15, -0.1) is 0 Å². The molecule has 0 amide bonds. The van der Waals surface area contributed by atoms with Gasteiger partial charge in [0.15, 0.2) is 0 Å². The molecule has 0 aliphatic carbocycles. The van der Waals surface area contributed by atoms with E-state index in [2.05, 4.69) is 0 Å². The Hall–Kier alpha value is -1.54. The van der Waals surface area contributed by atoms with Crippen LogP contribution in [0.25, 0.3) is 0 Å². The molecule has 0 saturated carbocycles. The molecule has 0 aromatic heterocycles. The van der Waals surface area contributed by atoms with Crippen LogP contribution >= 0.6 is 0 Å². The molecule has 0 bridgehead atoms. The van der Waals surface area contributed by atoms with E-state index in [-0.39, 0.29) is 5.56 Å². The van der Waals surface area contributed by atoms with Crippen LogP contribution in [-0.4, -0.2) is 37.4 Å². The molecule has 1 N–H and O–H groups in total. The Morgan fingerprint density at radius 1 is 1.33 bits per heavy atom. The van der Waals surface area contributed by atoms with Crippen molar-refractivity contribution in [3.8, 4) is 0 Å². The van der Waals surface area contributed by atoms with E-state index in [9.17, 15) is 22.0 Å². The zero-order valence-corrected chi connectivity index (χ0v) is 10.5. The number of carboxylic acids is 1. The smallest absolute Gasteiger partial charge is 0.318 e. The molecular weight excluding hydrogens is 268 g/mol. The van der Waals surface area contributed by atoms with Gasteiger partial charge < -0.3 is 5.11 Å². The largest absolute Gasteiger partial charge is 0.480 e. The van der Waals surface area contributed by atoms with Crippen molar-refractivity contribution >= 4 is 16.0 Å². The molecule has 0 unspecified atom stereocenters. The van der Waals surface area contributed by atoms with E-state index in [4.69, 9.17) is 5.11 Å². The number of nitrogens with zero attached hydrogens (tertiary/aromatic N) is 1. The minimum Gasteiger partial charge on any atom is -0.480 e. The molecule has 0 fully saturated rings. The van der Waals surface area contributed by atoms with Gasteiger partial charge in [-0.05, 0) is 18.6 Å². The highest BCUT2D eigenvalue weighted by Crippen LogP contribution is 2.21. The average molecular weight is 279 g/mol. The van der Waals surface area contributed by atoms with Crippen LogP contribution in [0.3, 0.4) is 0 Å². The van der Waals surface area contributed by atoms with Crippen LogP contribution in [-0.2, 0) is 14.8 Å². The Bertz CT molecular complexity index is 586. The molecule has 8 heteroatoms. The van der Waals surface area contributed by atoms with Crippen LogP contribution in [0, 0.1) is 18.6 Å². The summed E-state index contributed by atoms with van der Waals surface area (Å²) >= 11 is 0. The number of aryl methyl sites for hydroxylation is 1. The van der Waals surface area contributed by atoms with Crippen LogP contribution < -0.4 is 0 Å². The lowest BCUT2D eigenvalue weighted by Crippen LogP contribution is -2.32. The van der Waals surface area contributed by atoms with Crippen molar-refractivity contribution < 1.29 is 27.1 Å². The summed E-state index contributed by atoms with van der Waals surface area (Å²) in [6.07, 6.45) is 0. The first kappa shape index (κ1) is 14.5. The zero-order chi connectivity index (χ0) is 14.1. The van der Waals surface area contributed by atoms with Crippen molar-refractivity contribution in [2.45, 2.75) is 11.8 Å². The fourth-order valence-corrected chi connectivity index (χ4v) is 2.52. The van der Waals surface area contributed by atoms with Gasteiger partial charge in [-0.1, -0.05) is 0 Å². The minimum atomic E-state index is -4.29. The number of benzene rings is 1. The van der Waals surface area contributed by atoms with Crippen LogP contribution in [0.5, 0.6) is 0 Å². The van der Waals surface area contributed by atoms with Gasteiger partial charge in [0.05, 0.1) is 0 Å². The Kier molecular flexibility index (Phi) is 4.02. The van der Waals surface area contributed by atoms with Crippen LogP contribution in [0.2, 0.25) is 0 Å². The molecule has 100 valence electrons. The van der Waals surface area contributed by atoms with Gasteiger partial charge in [-0.25, -0.2) is 17.2 Å². The number of halogens is 2. The van der Waals surface area contributed by atoms with Crippen molar-refractivity contribution in [2.24, 2.45) is 0 Å². The molecular formula is C10H11F2NO4S. The first-order chi connectivity index (χ1) is 8.16. The number of hydrogen-bond acceptors (Lipinski definition) is 3. The topological polar surface area (TPSA) is 74.7 Å². The van der Waals surface area contributed by atoms with Gasteiger partial charge in [0.25, 0.3) is 0 Å². The molecule has 0 heterocycles. The second kappa shape index (κ2) is 4.99. The van der Waals surface area contributed by atoms with E-state index in [0.29, 0.717) is 10.4 Å². The number of rotatable bonds is 4. The van der Waals surface area contributed by atoms with E-state index in [1.165, 1.54) is 6.92 Å². The summed E-state index contributed by atoms with van der Waals surface area (Å²) in [4.78, 5) is 9.69. The molecule has 18 heavy (non-hydrogen) atoms. The maximum absolute atomic E-state index is 13.4. The zero-order valence-electron chi connectivity index (χ0n) is 9.65. The molecule has 0 saturated heterocycles. The standard InChI is InChI=1S/C10H11F2NO4S/c1-6-3-9(8(12)4-7(6)11)18(16,17)13(2)5-10(14)15/h3-4H,5H2,1-2H3,(H,14,15). The fourth-order valence-electron chi connectivity index (χ4n) is 1.27. The summed E-state index contributed by atoms with van der Waals surface area (Å²) in [5.74, 6) is -3.50. The molecule has 1 aromatic carbocycles. The average Bonchev–Trinajstić information content (AvgIpc) is 2.22. The quantitative estimate of drug-likeness (QED) is 0.891. The van der Waals surface area contributed by atoms with Gasteiger partial charge in [-0.3, -0.25) is 4.79 Å². The van der Waals surface area contributed by atoms with E-state index < -0.39 is 39.1 Å². The lowest BCUT2D eigenvalue weighted by molar-refractivity contribution is -0.137. The molecule has 5 nitrogen and oxygen atoms in total. The summed E-state index contributed by atoms with van der Waals surface area (Å²) in [5, 5.41) is 8.50. The van der Waals surface area contributed by atoms with Gasteiger partial charge >= 0.3 is 5.97 Å². The first-order valence-electron chi connectivity index (χ1n) is 4.80. The lowest BCUT2D eigenvalue weighted by atomic mass is 10.2. The number of hydrogen-bond donors (Lipinski definition) is 1. The van der Waals surface area contributed by atoms with Gasteiger partial charge in [-0.2, -0.15) is 4.31 Å². The number of aliphatic carboxylic acids is 1. The summed E-state index contributed by atoms with van der Waals surface area (Å²) in [6.45, 7) is 0.475. The second-order valence-electron chi connectivity index (χ2n) is 3.69. The fraction of sp³-hybridized carbons (Fsp3) is 0.300. The predicted molar refractivity (Wildman–Crippen MR) is 58.5 cm³/mol. The number of likely N-dealkylation sites (N-methyl/N-ethyl adjacent to an activating group) is 1. The maximum atomic E-state index is 13.4. The highest BCUT2D eigenvalue weighted by Gasteiger charge is 2.27. The third-order valence-corrected chi connectivity index (χ3v) is 4.08. The predicted octanol–water partition coefficient (Wildman–Crippen LogP) is 0.978. The normalized spacial score (nSPS) is 11.8. The molecule has 0 spiro atoms. The van der Waals surface area contributed by atoms with Crippen molar-refractivity contribution in [1.82, 2.24) is 4.31 Å². The first-order valence-corrected chi connectivity index (χ1v) is 6.24. The minimum absolute atomic E-state index is 0.0429. The van der Waals surface area contributed by atoms with E-state index in [1.54, 1.807) is 0 Å². The third kappa shape index (κ3) is 2.82. The maximum Gasteiger partial charge on any atom is 0.318 e. The van der Waals surface area contributed by atoms with Gasteiger partial charge in [0.2, 0.25) is 10.0 Å². The van der Waals surface area contributed by atoms with E-state index >= 15 is 0 Å². The van der Waals surface area contributed by atoms with E-state index in [1.807, 2.05) is 0 Å². The number of carbonyl (C=O) groups is 1. The molecule has 0 atom stereocenters. The highest BCUT2D eigenvalue weighted by molar-refractivity contribution is 7.89. The summed E-state index contributed by atoms with van der Waals surface area (Å²) in [7, 11) is -3.29. The van der Waals surface area contributed by atoms with Crippen molar-refractivity contribution in [2.75, 3.05) is 13.6 Å². The third-order valence-electron chi connectivity index (χ3n) is 2.26.